The van der Waals surface area contributed by atoms with E-state index >= 15 is 0 Å². The van der Waals surface area contributed by atoms with Crippen molar-refractivity contribution in [1.29, 1.82) is 0 Å². The summed E-state index contributed by atoms with van der Waals surface area (Å²) in [5, 5.41) is 4.64. The summed E-state index contributed by atoms with van der Waals surface area (Å²) in [7, 11) is 0. The first-order valence-corrected chi connectivity index (χ1v) is 10.1. The normalized spacial score (nSPS) is 13.3. The monoisotopic (exact) mass is 213 g/mol. The van der Waals surface area contributed by atoms with Gasteiger partial charge in [-0.2, -0.15) is 15.8 Å². The van der Waals surface area contributed by atoms with Crippen LogP contribution in [0.15, 0.2) is 0 Å². The Morgan fingerprint density at radius 1 is 0.643 bits per heavy atom. The molecule has 0 aromatic carbocycles. The van der Waals surface area contributed by atoms with Gasteiger partial charge in [0.25, 0.3) is 0 Å². The summed E-state index contributed by atoms with van der Waals surface area (Å²) in [5.74, 6) is 5.36. The smallest absolute Gasteiger partial charge is 0.132 e. The first-order valence-electron chi connectivity index (χ1n) is 6.49. The lowest BCUT2D eigenvalue weighted by molar-refractivity contribution is 0.645. The van der Waals surface area contributed by atoms with Crippen LogP contribution in [-0.2, 0) is 0 Å². The molecule has 0 amide bonds. The van der Waals surface area contributed by atoms with Crippen LogP contribution < -0.4 is 0 Å². The molecule has 0 rings (SSSR count). The minimum Gasteiger partial charge on any atom is -0.203 e. The van der Waals surface area contributed by atoms with Crippen molar-refractivity contribution in [2.75, 3.05) is 0 Å². The van der Waals surface area contributed by atoms with Gasteiger partial charge in [-0.3, -0.25) is 0 Å². The van der Waals surface area contributed by atoms with Crippen LogP contribution in [0.1, 0.15) is 41.5 Å². The van der Waals surface area contributed by atoms with Crippen LogP contribution in [0.2, 0.25) is 21.6 Å². The predicted octanol–water partition coefficient (Wildman–Crippen LogP) is 5.03. The lowest BCUT2D eigenvalue weighted by atomic mass is 10.2. The first kappa shape index (κ1) is 14.5. The summed E-state index contributed by atoms with van der Waals surface area (Å²) >= 11 is -1.24. The van der Waals surface area contributed by atoms with Gasteiger partial charge in [-0.1, -0.05) is 59.3 Å². The number of hydrogen-bond acceptors (Lipinski definition) is 0. The maximum absolute atomic E-state index is 2.65. The van der Waals surface area contributed by atoms with Crippen molar-refractivity contribution in [2.45, 2.75) is 63.2 Å². The third-order valence-corrected chi connectivity index (χ3v) is 9.36. The second kappa shape index (κ2) is 6.19. The maximum Gasteiger partial charge on any atom is 0.132 e. The van der Waals surface area contributed by atoms with Crippen molar-refractivity contribution < 1.29 is 0 Å². The molecule has 0 saturated carbocycles. The highest BCUT2D eigenvalue weighted by molar-refractivity contribution is 6.78. The van der Waals surface area contributed by atoms with Crippen LogP contribution in [0.25, 0.3) is 0 Å². The molecule has 0 unspecified atom stereocenters. The van der Waals surface area contributed by atoms with E-state index in [1.54, 1.807) is 15.8 Å². The molecular formula is C13H30Al-. The lowest BCUT2D eigenvalue weighted by Crippen LogP contribution is -2.34. The van der Waals surface area contributed by atoms with Gasteiger partial charge >= 0.3 is 0 Å². The van der Waals surface area contributed by atoms with E-state index in [2.05, 4.69) is 47.3 Å². The quantitative estimate of drug-likeness (QED) is 0.543. The van der Waals surface area contributed by atoms with Crippen molar-refractivity contribution in [3.8, 4) is 0 Å². The highest BCUT2D eigenvalue weighted by Crippen LogP contribution is 2.31. The Morgan fingerprint density at radius 2 is 0.857 bits per heavy atom. The van der Waals surface area contributed by atoms with Crippen LogP contribution in [0.3, 0.4) is 0 Å². The highest BCUT2D eigenvalue weighted by atomic mass is 27.2. The largest absolute Gasteiger partial charge is 0.203 e. The molecule has 0 N–H and O–H groups in total. The van der Waals surface area contributed by atoms with Gasteiger partial charge in [0.1, 0.15) is 13.1 Å². The second-order valence-electron chi connectivity index (χ2n) is 6.98. The predicted molar refractivity (Wildman–Crippen MR) is 70.6 cm³/mol. The zero-order chi connectivity index (χ0) is 11.4. The molecule has 0 atom stereocenters. The molecule has 0 bridgehead atoms. The molecule has 0 nitrogen and oxygen atoms in total. The Kier molecular flexibility index (Phi) is 6.42. The molecule has 0 heterocycles. The van der Waals surface area contributed by atoms with E-state index < -0.39 is 13.1 Å². The third kappa shape index (κ3) is 6.91. The van der Waals surface area contributed by atoms with E-state index in [0.29, 0.717) is 0 Å². The fourth-order valence-corrected chi connectivity index (χ4v) is 11.1. The molecule has 0 radical (unpaired) electrons. The summed E-state index contributed by atoms with van der Waals surface area (Å²) in [5.41, 5.74) is 0. The molecule has 0 aliphatic heterocycles. The summed E-state index contributed by atoms with van der Waals surface area (Å²) in [4.78, 5) is 0. The highest BCUT2D eigenvalue weighted by Gasteiger charge is 2.25. The molecular weight excluding hydrogens is 183 g/mol. The summed E-state index contributed by atoms with van der Waals surface area (Å²) in [6, 6.07) is 0. The standard InChI is InChI=1S/3C4H9.CH3.Al/c3*1-4(2)3;;/h3*4H,1H2,2-3H3;1H3;/q;;;;-1. The van der Waals surface area contributed by atoms with Gasteiger partial charge in [0.05, 0.1) is 0 Å². The second-order valence-corrected chi connectivity index (χ2v) is 12.6. The fourth-order valence-electron chi connectivity index (χ4n) is 3.70. The third-order valence-electron chi connectivity index (χ3n) is 3.12. The van der Waals surface area contributed by atoms with Gasteiger partial charge < -0.3 is 0 Å². The minimum absolute atomic E-state index is 0.905. The molecule has 86 valence electrons. The molecule has 0 fully saturated rings. The molecule has 0 aliphatic carbocycles. The molecule has 0 aliphatic rings. The van der Waals surface area contributed by atoms with E-state index in [1.807, 2.05) is 0 Å². The molecule has 0 aromatic heterocycles. The van der Waals surface area contributed by atoms with Crippen molar-refractivity contribution in [1.82, 2.24) is 0 Å². The van der Waals surface area contributed by atoms with Crippen molar-refractivity contribution in [3.63, 3.8) is 0 Å². The Hall–Kier alpha value is 0.532. The SMILES string of the molecule is CC(C)[CH2][Al-]([CH3])([CH2]C(C)C)[CH2]C(C)C. The van der Waals surface area contributed by atoms with E-state index in [4.69, 9.17) is 0 Å². The Bertz CT molecular complexity index is 121. The number of rotatable bonds is 6. The first-order chi connectivity index (χ1) is 6.25. The van der Waals surface area contributed by atoms with Crippen molar-refractivity contribution in [2.24, 2.45) is 17.8 Å². The number of hydrogen-bond donors (Lipinski definition) is 0. The Morgan fingerprint density at radius 3 is 1.00 bits per heavy atom. The van der Waals surface area contributed by atoms with Crippen LogP contribution in [0.4, 0.5) is 0 Å². The zero-order valence-corrected chi connectivity index (χ0v) is 12.6. The molecule has 0 saturated heterocycles. The van der Waals surface area contributed by atoms with Crippen molar-refractivity contribution >= 4 is 13.1 Å². The van der Waals surface area contributed by atoms with E-state index in [0.717, 1.165) is 17.8 Å². The molecule has 0 spiro atoms. The molecule has 0 aromatic rings. The Labute approximate surface area is 94.2 Å². The molecule has 1 heteroatoms. The van der Waals surface area contributed by atoms with Gasteiger partial charge in [0.15, 0.2) is 0 Å². The molecule has 14 heavy (non-hydrogen) atoms. The lowest BCUT2D eigenvalue weighted by Gasteiger charge is -2.37. The average molecular weight is 213 g/mol. The van der Waals surface area contributed by atoms with Crippen LogP contribution in [-0.4, -0.2) is 13.1 Å². The summed E-state index contributed by atoms with van der Waals surface area (Å²) in [6.07, 6.45) is 0. The van der Waals surface area contributed by atoms with Gasteiger partial charge in [0.2, 0.25) is 0 Å². The van der Waals surface area contributed by atoms with Gasteiger partial charge in [-0.25, -0.2) is 5.79 Å². The summed E-state index contributed by atoms with van der Waals surface area (Å²) < 4.78 is 0. The minimum atomic E-state index is -1.24. The van der Waals surface area contributed by atoms with Gasteiger partial charge in [-0.15, -0.1) is 0 Å². The maximum atomic E-state index is 2.65. The van der Waals surface area contributed by atoms with Crippen molar-refractivity contribution in [3.05, 3.63) is 0 Å². The van der Waals surface area contributed by atoms with E-state index in [1.165, 1.54) is 0 Å². The fraction of sp³-hybridized carbons (Fsp3) is 1.00. The van der Waals surface area contributed by atoms with E-state index in [-0.39, 0.29) is 0 Å². The van der Waals surface area contributed by atoms with E-state index in [9.17, 15) is 0 Å². The van der Waals surface area contributed by atoms with Gasteiger partial charge in [0, 0.05) is 0 Å². The summed E-state index contributed by atoms with van der Waals surface area (Å²) in [6.45, 7) is 14.3. The van der Waals surface area contributed by atoms with Crippen LogP contribution in [0, 0.1) is 17.8 Å². The van der Waals surface area contributed by atoms with Gasteiger partial charge in [-0.05, 0) is 0 Å². The topological polar surface area (TPSA) is 0 Å². The zero-order valence-electron chi connectivity index (χ0n) is 11.4. The average Bonchev–Trinajstić information content (AvgIpc) is 1.76. The van der Waals surface area contributed by atoms with Crippen LogP contribution >= 0.6 is 0 Å². The van der Waals surface area contributed by atoms with Crippen LogP contribution in [0.5, 0.6) is 0 Å². The Balaban J connectivity index is 4.32.